The summed E-state index contributed by atoms with van der Waals surface area (Å²) in [4.78, 5) is 53.5. The number of alkyl halides is 6. The Morgan fingerprint density at radius 3 is 1.57 bits per heavy atom. The van der Waals surface area contributed by atoms with Crippen LogP contribution in [-0.2, 0) is 37.1 Å². The van der Waals surface area contributed by atoms with Crippen LogP contribution in [0.15, 0.2) is 122 Å². The molecule has 2 aromatic heterocycles. The van der Waals surface area contributed by atoms with E-state index in [1.54, 1.807) is 0 Å². The average Bonchev–Trinajstić information content (AvgIpc) is 3.33. The number of carbonyl (C=O) groups excluding carboxylic acids is 2. The van der Waals surface area contributed by atoms with Crippen molar-refractivity contribution in [2.24, 2.45) is 15.1 Å². The molecule has 0 unspecified atom stereocenters. The van der Waals surface area contributed by atoms with Crippen LogP contribution in [0.3, 0.4) is 0 Å². The number of methoxy groups -OCH3 is 1. The number of pyridine rings is 2. The number of carbonyl (C=O) groups is 2. The molecule has 21 nitrogen and oxygen atoms in total. The molecule has 0 saturated carbocycles. The van der Waals surface area contributed by atoms with E-state index in [1.165, 1.54) is 38.4 Å². The second-order valence-corrected chi connectivity index (χ2v) is 20.0. The summed E-state index contributed by atoms with van der Waals surface area (Å²) >= 11 is 27.8. The van der Waals surface area contributed by atoms with Gasteiger partial charge < -0.3 is 4.74 Å². The van der Waals surface area contributed by atoms with Crippen LogP contribution < -0.4 is 9.03 Å². The molecule has 6 rings (SSSR count). The Labute approximate surface area is 449 Å². The number of nitrogens with one attached hydrogen (secondary N) is 2. The molecule has 0 fully saturated rings. The molecule has 4 aromatic carbocycles. The summed E-state index contributed by atoms with van der Waals surface area (Å²) in [5.41, 5.74) is 0.710. The van der Waals surface area contributed by atoms with Gasteiger partial charge in [-0.2, -0.15) is 31.9 Å². The lowest BCUT2D eigenvalue weighted by atomic mass is 10.0. The number of hydrogen-bond donors (Lipinski definition) is 2. The van der Waals surface area contributed by atoms with Crippen LogP contribution in [0.25, 0.3) is 0 Å². The van der Waals surface area contributed by atoms with Gasteiger partial charge in [0.1, 0.15) is 18.1 Å². The number of hydrogen-bond acceptors (Lipinski definition) is 15. The van der Waals surface area contributed by atoms with E-state index >= 15 is 0 Å². The minimum atomic E-state index is -4.94. The molecule has 0 atom stereocenters. The highest BCUT2D eigenvalue weighted by Gasteiger charge is 2.38. The lowest BCUT2D eigenvalue weighted by Crippen LogP contribution is -2.34. The summed E-state index contributed by atoms with van der Waals surface area (Å²) in [7, 11) is -8.30. The Morgan fingerprint density at radius 1 is 0.697 bits per heavy atom. The monoisotopic (exact) mass is 1200 g/mol. The standard InChI is InChI=1S/C22H16Cl2F3N3O6S.C20H12Cl2F3N3O5S.ClHN4/c1-12-7-19(20(28-10-12)21(31)15-8-13(30(32)33)3-5-17(15)23)29(11-36-2)37(34,35)14-4-6-18(24)16(9-14)22(25,26)27;1-10-6-17(27-34(32,33)12-3-5-16(22)14(8-12)20(23,24)25)18(26-9-10)19(29)13-7-11(28(30)31)2-4-15(13)21;1-3-5-4-2/h3-10H,11H2,1-2H3;2-9,27H,1H3;2H. The quantitative estimate of drug-likeness (QED) is 0.0242. The van der Waals surface area contributed by atoms with Gasteiger partial charge in [-0.25, -0.2) is 21.1 Å². The van der Waals surface area contributed by atoms with E-state index in [0.717, 1.165) is 67.8 Å². The fraction of sp³-hybridized carbons (Fsp3) is 0.143. The molecule has 2 heterocycles. The van der Waals surface area contributed by atoms with Crippen molar-refractivity contribution in [3.63, 3.8) is 0 Å². The van der Waals surface area contributed by atoms with Gasteiger partial charge in [-0.3, -0.25) is 44.5 Å². The van der Waals surface area contributed by atoms with Crippen molar-refractivity contribution in [2.75, 3.05) is 22.9 Å². The normalized spacial score (nSPS) is 11.7. The number of ketones is 2. The third kappa shape index (κ3) is 15.1. The molecule has 402 valence electrons. The Kier molecular flexibility index (Phi) is 20.4. The SMILES string of the molecule is COCN(c1cc(C)cnc1C(=O)c1cc([N+](=O)[O-])ccc1Cl)S(=O)(=O)c1ccc(Cl)c(C(F)(F)F)c1.Cc1cnc(C(=O)c2cc([N+](=O)[O-])ccc2Cl)c(NS(=O)(=O)c2ccc(Cl)c(C(F)(F)F)c2)c1.N=NN=NCl. The Morgan fingerprint density at radius 2 is 1.13 bits per heavy atom. The molecule has 0 amide bonds. The minimum Gasteiger partial charge on any atom is -0.363 e. The van der Waals surface area contributed by atoms with Gasteiger partial charge in [0.25, 0.3) is 31.4 Å². The third-order valence-corrected chi connectivity index (χ3v) is 14.0. The van der Waals surface area contributed by atoms with Crippen LogP contribution >= 0.6 is 58.2 Å². The number of benzene rings is 4. The van der Waals surface area contributed by atoms with Crippen LogP contribution in [0.2, 0.25) is 20.1 Å². The number of aromatic nitrogens is 2. The van der Waals surface area contributed by atoms with Crippen molar-refractivity contribution in [1.82, 2.24) is 9.97 Å². The van der Waals surface area contributed by atoms with Crippen molar-refractivity contribution >= 4 is 113 Å². The maximum absolute atomic E-state index is 13.5. The number of aryl methyl sites for hydroxylation is 2. The first-order valence-electron chi connectivity index (χ1n) is 19.9. The van der Waals surface area contributed by atoms with Crippen molar-refractivity contribution < 1.29 is 67.4 Å². The number of rotatable bonds is 15. The number of ether oxygens (including phenoxy) is 1. The Hall–Kier alpha value is -6.99. The Bertz CT molecular complexity index is 3530. The van der Waals surface area contributed by atoms with E-state index in [9.17, 15) is 73.0 Å². The summed E-state index contributed by atoms with van der Waals surface area (Å²) in [5.74, 6) is -1.91. The summed E-state index contributed by atoms with van der Waals surface area (Å²) in [5, 5.41) is 25.6. The largest absolute Gasteiger partial charge is 0.417 e. The molecule has 34 heteroatoms. The molecule has 0 aliphatic carbocycles. The summed E-state index contributed by atoms with van der Waals surface area (Å²) in [6, 6.07) is 12.7. The van der Waals surface area contributed by atoms with Gasteiger partial charge >= 0.3 is 12.4 Å². The first-order valence-corrected chi connectivity index (χ1v) is 24.6. The zero-order valence-electron chi connectivity index (χ0n) is 38.0. The van der Waals surface area contributed by atoms with Gasteiger partial charge in [0.2, 0.25) is 11.6 Å². The first-order chi connectivity index (χ1) is 35.3. The molecule has 2 N–H and O–H groups in total. The fourth-order valence-electron chi connectivity index (χ4n) is 6.11. The summed E-state index contributed by atoms with van der Waals surface area (Å²) in [6.07, 6.45) is -7.38. The number of nitro groups is 2. The highest BCUT2D eigenvalue weighted by atomic mass is 35.5. The second kappa shape index (κ2) is 25.2. The molecule has 6 aromatic rings. The molecule has 0 radical (unpaired) electrons. The van der Waals surface area contributed by atoms with Crippen molar-refractivity contribution in [3.8, 4) is 0 Å². The van der Waals surface area contributed by atoms with Crippen molar-refractivity contribution in [1.29, 1.82) is 5.53 Å². The van der Waals surface area contributed by atoms with E-state index in [1.807, 2.05) is 0 Å². The highest BCUT2D eigenvalue weighted by Crippen LogP contribution is 2.39. The van der Waals surface area contributed by atoms with Gasteiger partial charge in [-0.1, -0.05) is 51.0 Å². The van der Waals surface area contributed by atoms with E-state index < -0.39 is 114 Å². The van der Waals surface area contributed by atoms with E-state index in [0.29, 0.717) is 27.6 Å². The van der Waals surface area contributed by atoms with E-state index in [-0.39, 0.29) is 32.5 Å². The van der Waals surface area contributed by atoms with Gasteiger partial charge in [0.05, 0.1) is 74.0 Å². The number of halogens is 11. The van der Waals surface area contributed by atoms with Gasteiger partial charge in [-0.05, 0) is 96.1 Å². The maximum atomic E-state index is 13.5. The summed E-state index contributed by atoms with van der Waals surface area (Å²) < 4.78 is 143. The predicted molar refractivity (Wildman–Crippen MR) is 262 cm³/mol. The minimum absolute atomic E-state index is 0.153. The number of sulfonamides is 2. The number of nitrogens with zero attached hydrogens (tertiary/aromatic N) is 8. The molecule has 0 aliphatic heterocycles. The van der Waals surface area contributed by atoms with Crippen LogP contribution in [-0.4, -0.2) is 62.1 Å². The molecular weight excluding hydrogens is 1180 g/mol. The van der Waals surface area contributed by atoms with E-state index in [4.69, 9.17) is 56.7 Å². The highest BCUT2D eigenvalue weighted by molar-refractivity contribution is 7.93. The van der Waals surface area contributed by atoms with Crippen molar-refractivity contribution in [3.05, 3.63) is 182 Å². The van der Waals surface area contributed by atoms with Crippen LogP contribution in [0, 0.1) is 39.6 Å². The van der Waals surface area contributed by atoms with E-state index in [2.05, 4.69) is 41.5 Å². The second-order valence-electron chi connectivity index (χ2n) is 14.7. The van der Waals surface area contributed by atoms with Gasteiger partial charge in [0.15, 0.2) is 0 Å². The maximum Gasteiger partial charge on any atom is 0.417 e. The Balaban J connectivity index is 0.000000302. The van der Waals surface area contributed by atoms with Gasteiger partial charge in [0, 0.05) is 54.9 Å². The molecule has 0 spiro atoms. The third-order valence-electron chi connectivity index (χ3n) is 9.49. The van der Waals surface area contributed by atoms with Crippen LogP contribution in [0.1, 0.15) is 54.4 Å². The molecule has 0 bridgehead atoms. The first kappa shape index (κ1) is 61.6. The van der Waals surface area contributed by atoms with Crippen molar-refractivity contribution in [2.45, 2.75) is 36.0 Å². The van der Waals surface area contributed by atoms with Crippen LogP contribution in [0.5, 0.6) is 0 Å². The molecular formula is C42H29Cl5F6N10O11S2. The summed E-state index contributed by atoms with van der Waals surface area (Å²) in [6.45, 7) is 2.34. The average molecular weight is 1210 g/mol. The molecule has 0 saturated heterocycles. The number of non-ortho nitro benzene ring substituents is 2. The van der Waals surface area contributed by atoms with Gasteiger partial charge in [-0.15, -0.1) is 0 Å². The smallest absolute Gasteiger partial charge is 0.363 e. The topological polar surface area (TPSA) is 300 Å². The lowest BCUT2D eigenvalue weighted by Gasteiger charge is -2.26. The lowest BCUT2D eigenvalue weighted by molar-refractivity contribution is -0.385. The number of nitro benzene ring substituents is 2. The number of anilines is 2. The van der Waals surface area contributed by atoms with Crippen LogP contribution in [0.4, 0.5) is 49.1 Å². The molecule has 0 aliphatic rings. The predicted octanol–water partition coefficient (Wildman–Crippen LogP) is 12.8. The zero-order valence-corrected chi connectivity index (χ0v) is 43.4. The zero-order chi connectivity index (χ0) is 57.2. The molecule has 76 heavy (non-hydrogen) atoms. The fourth-order valence-corrected chi connectivity index (χ4v) is 9.48.